The van der Waals surface area contributed by atoms with E-state index in [1.165, 1.54) is 0 Å². The van der Waals surface area contributed by atoms with Crippen molar-refractivity contribution in [3.8, 4) is 0 Å². The molecule has 1 N–H and O–H groups in total. The summed E-state index contributed by atoms with van der Waals surface area (Å²) >= 11 is 0. The fourth-order valence-electron chi connectivity index (χ4n) is 3.39. The smallest absolute Gasteiger partial charge is 0.226 e. The molecule has 1 fully saturated rings. The highest BCUT2D eigenvalue weighted by atomic mass is 16.2. The minimum atomic E-state index is 0.181. The van der Waals surface area contributed by atoms with Crippen LogP contribution in [-0.2, 0) is 4.79 Å². The lowest BCUT2D eigenvalue weighted by Gasteiger charge is -2.41. The summed E-state index contributed by atoms with van der Waals surface area (Å²) in [6, 6.07) is 0.196. The molecule has 0 spiro atoms. The van der Waals surface area contributed by atoms with E-state index < -0.39 is 0 Å². The van der Waals surface area contributed by atoms with Crippen molar-refractivity contribution < 1.29 is 4.79 Å². The molecular formula is C16H24N4O. The lowest BCUT2D eigenvalue weighted by molar-refractivity contribution is -0.139. The van der Waals surface area contributed by atoms with Crippen LogP contribution in [0.25, 0.3) is 0 Å². The Labute approximate surface area is 126 Å². The minimum absolute atomic E-state index is 0.181. The molecule has 0 radical (unpaired) electrons. The van der Waals surface area contributed by atoms with Gasteiger partial charge in [-0.15, -0.1) is 0 Å². The van der Waals surface area contributed by atoms with Crippen LogP contribution in [0, 0.1) is 5.92 Å². The average Bonchev–Trinajstić information content (AvgIpc) is 3.08. The molecular weight excluding hydrogens is 264 g/mol. The highest BCUT2D eigenvalue weighted by Gasteiger charge is 2.33. The highest BCUT2D eigenvalue weighted by Crippen LogP contribution is 2.26. The van der Waals surface area contributed by atoms with Gasteiger partial charge in [0.2, 0.25) is 5.91 Å². The Hall–Kier alpha value is -1.62. The largest absolute Gasteiger partial charge is 0.347 e. The van der Waals surface area contributed by atoms with Crippen LogP contribution in [0.1, 0.15) is 38.1 Å². The molecule has 2 aliphatic rings. The van der Waals surface area contributed by atoms with Gasteiger partial charge in [-0.25, -0.2) is 4.98 Å². The first-order valence-corrected chi connectivity index (χ1v) is 7.96. The van der Waals surface area contributed by atoms with Crippen LogP contribution in [0.2, 0.25) is 0 Å². The molecule has 1 saturated heterocycles. The van der Waals surface area contributed by atoms with Gasteiger partial charge in [0.1, 0.15) is 5.82 Å². The maximum absolute atomic E-state index is 12.7. The van der Waals surface area contributed by atoms with Crippen molar-refractivity contribution in [1.29, 1.82) is 0 Å². The maximum Gasteiger partial charge on any atom is 0.226 e. The van der Waals surface area contributed by atoms with Crippen LogP contribution in [0.3, 0.4) is 0 Å². The zero-order valence-electron chi connectivity index (χ0n) is 12.7. The molecule has 0 aromatic carbocycles. The zero-order chi connectivity index (χ0) is 14.7. The van der Waals surface area contributed by atoms with E-state index in [0.717, 1.165) is 51.3 Å². The highest BCUT2D eigenvalue weighted by molar-refractivity contribution is 5.79. The minimum Gasteiger partial charge on any atom is -0.347 e. The molecule has 1 aliphatic heterocycles. The number of allylic oxidation sites excluding steroid dienone is 2. The Morgan fingerprint density at radius 1 is 1.43 bits per heavy atom. The molecule has 0 saturated carbocycles. The third-order valence-electron chi connectivity index (χ3n) is 4.66. The normalized spacial score (nSPS) is 27.0. The number of carbonyl (C=O) groups excluding carboxylic acids is 1. The molecule has 1 amide bonds. The SMILES string of the molecule is CCN1CCN(C(=O)[C@H]2CC=CCC2)C[C@H]1c1ncc[nH]1. The van der Waals surface area contributed by atoms with Crippen LogP contribution < -0.4 is 0 Å². The van der Waals surface area contributed by atoms with Crippen LogP contribution in [0.4, 0.5) is 0 Å². The van der Waals surface area contributed by atoms with Crippen molar-refractivity contribution >= 4 is 5.91 Å². The lowest BCUT2D eigenvalue weighted by Crippen LogP contribution is -2.52. The average molecular weight is 288 g/mol. The van der Waals surface area contributed by atoms with Crippen LogP contribution >= 0.6 is 0 Å². The summed E-state index contributed by atoms with van der Waals surface area (Å²) in [6.07, 6.45) is 10.9. The van der Waals surface area contributed by atoms with Gasteiger partial charge in [0, 0.05) is 37.9 Å². The number of H-pyrrole nitrogens is 1. The topological polar surface area (TPSA) is 52.2 Å². The first kappa shape index (κ1) is 14.3. The van der Waals surface area contributed by atoms with Gasteiger partial charge in [0.05, 0.1) is 6.04 Å². The molecule has 5 heteroatoms. The van der Waals surface area contributed by atoms with Crippen molar-refractivity contribution in [3.05, 3.63) is 30.4 Å². The second-order valence-electron chi connectivity index (χ2n) is 5.88. The van der Waals surface area contributed by atoms with Crippen molar-refractivity contribution in [3.63, 3.8) is 0 Å². The summed E-state index contributed by atoms with van der Waals surface area (Å²) in [7, 11) is 0. The molecule has 2 atom stereocenters. The number of hydrogen-bond donors (Lipinski definition) is 1. The van der Waals surface area contributed by atoms with E-state index in [2.05, 4.69) is 33.9 Å². The number of hydrogen-bond acceptors (Lipinski definition) is 3. The van der Waals surface area contributed by atoms with Crippen LogP contribution in [0.5, 0.6) is 0 Å². The number of aromatic amines is 1. The monoisotopic (exact) mass is 288 g/mol. The summed E-state index contributed by atoms with van der Waals surface area (Å²) in [5, 5.41) is 0. The van der Waals surface area contributed by atoms with E-state index in [1.54, 1.807) is 6.20 Å². The van der Waals surface area contributed by atoms with Crippen molar-refractivity contribution in [2.24, 2.45) is 5.92 Å². The fraction of sp³-hybridized carbons (Fsp3) is 0.625. The number of rotatable bonds is 3. The Bertz CT molecular complexity index is 496. The first-order valence-electron chi connectivity index (χ1n) is 7.96. The molecule has 21 heavy (non-hydrogen) atoms. The molecule has 0 bridgehead atoms. The van der Waals surface area contributed by atoms with Gasteiger partial charge >= 0.3 is 0 Å². The van der Waals surface area contributed by atoms with Gasteiger partial charge in [-0.1, -0.05) is 19.1 Å². The quantitative estimate of drug-likeness (QED) is 0.865. The number of nitrogens with zero attached hydrogens (tertiary/aromatic N) is 3. The third kappa shape index (κ3) is 3.02. The zero-order valence-corrected chi connectivity index (χ0v) is 12.7. The van der Waals surface area contributed by atoms with Gasteiger partial charge in [-0.05, 0) is 25.8 Å². The summed E-state index contributed by atoms with van der Waals surface area (Å²) in [5.74, 6) is 1.48. The Morgan fingerprint density at radius 3 is 3.00 bits per heavy atom. The number of carbonyl (C=O) groups is 1. The van der Waals surface area contributed by atoms with Gasteiger partial charge in [-0.3, -0.25) is 9.69 Å². The van der Waals surface area contributed by atoms with Gasteiger partial charge in [0.25, 0.3) is 0 Å². The van der Waals surface area contributed by atoms with Gasteiger partial charge < -0.3 is 9.88 Å². The Kier molecular flexibility index (Phi) is 4.39. The van der Waals surface area contributed by atoms with Crippen LogP contribution in [0.15, 0.2) is 24.5 Å². The summed E-state index contributed by atoms with van der Waals surface area (Å²) in [6.45, 7) is 5.67. The predicted molar refractivity (Wildman–Crippen MR) is 81.6 cm³/mol. The second kappa shape index (κ2) is 6.43. The Balaban J connectivity index is 1.70. The van der Waals surface area contributed by atoms with Crippen LogP contribution in [-0.4, -0.2) is 51.9 Å². The number of piperazine rings is 1. The van der Waals surface area contributed by atoms with E-state index in [1.807, 2.05) is 11.1 Å². The number of imidazole rings is 1. The number of amides is 1. The summed E-state index contributed by atoms with van der Waals surface area (Å²) in [4.78, 5) is 24.7. The standard InChI is InChI=1S/C16H24N4O/c1-2-19-10-11-20(12-14(19)15-17-8-9-18-15)16(21)13-6-4-3-5-7-13/h3-4,8-9,13-14H,2,5-7,10-12H2,1H3,(H,17,18)/t13-,14-/m0/s1. The number of nitrogens with one attached hydrogen (secondary N) is 1. The van der Waals surface area contributed by atoms with Gasteiger partial charge in [0.15, 0.2) is 0 Å². The maximum atomic E-state index is 12.7. The van der Waals surface area contributed by atoms with E-state index in [-0.39, 0.29) is 12.0 Å². The second-order valence-corrected chi connectivity index (χ2v) is 5.88. The molecule has 114 valence electrons. The Morgan fingerprint density at radius 2 is 2.33 bits per heavy atom. The van der Waals surface area contributed by atoms with E-state index in [0.29, 0.717) is 5.91 Å². The van der Waals surface area contributed by atoms with E-state index in [9.17, 15) is 4.79 Å². The lowest BCUT2D eigenvalue weighted by atomic mass is 9.92. The van der Waals surface area contributed by atoms with Gasteiger partial charge in [-0.2, -0.15) is 0 Å². The molecule has 1 aromatic heterocycles. The number of likely N-dealkylation sites (N-methyl/N-ethyl adjacent to an activating group) is 1. The van der Waals surface area contributed by atoms with Crippen molar-refractivity contribution in [1.82, 2.24) is 19.8 Å². The predicted octanol–water partition coefficient (Wildman–Crippen LogP) is 1.97. The molecule has 1 aliphatic carbocycles. The summed E-state index contributed by atoms with van der Waals surface area (Å²) < 4.78 is 0. The molecule has 5 nitrogen and oxygen atoms in total. The third-order valence-corrected chi connectivity index (χ3v) is 4.66. The molecule has 1 aromatic rings. The van der Waals surface area contributed by atoms with Crippen molar-refractivity contribution in [2.75, 3.05) is 26.2 Å². The molecule has 3 rings (SSSR count). The first-order chi connectivity index (χ1) is 10.3. The molecule has 0 unspecified atom stereocenters. The fourth-order valence-corrected chi connectivity index (χ4v) is 3.39. The summed E-state index contributed by atoms with van der Waals surface area (Å²) in [5.41, 5.74) is 0. The number of aromatic nitrogens is 2. The van der Waals surface area contributed by atoms with E-state index >= 15 is 0 Å². The van der Waals surface area contributed by atoms with Crippen molar-refractivity contribution in [2.45, 2.75) is 32.2 Å². The molecule has 2 heterocycles. The van der Waals surface area contributed by atoms with E-state index in [4.69, 9.17) is 0 Å².